The molecule has 1 atom stereocenters. The van der Waals surface area contributed by atoms with E-state index in [0.717, 1.165) is 24.1 Å². The number of nitrogens with one attached hydrogen (secondary N) is 1. The van der Waals surface area contributed by atoms with Gasteiger partial charge in [0.2, 0.25) is 0 Å². The zero-order chi connectivity index (χ0) is 19.9. The lowest BCUT2D eigenvalue weighted by atomic mass is 10.0. The minimum Gasteiger partial charge on any atom is -0.493 e. The molecule has 0 aliphatic carbocycles. The van der Waals surface area contributed by atoms with Gasteiger partial charge in [0.1, 0.15) is 6.17 Å². The molecule has 150 valence electrons. The number of fused-ring (bicyclic) bond motifs is 1. The number of carbonyl (C=O) groups excluding carboxylic acids is 1. The predicted molar refractivity (Wildman–Crippen MR) is 109 cm³/mol. The fourth-order valence-corrected chi connectivity index (χ4v) is 3.28. The normalized spacial score (nSPS) is 15.8. The first-order valence-corrected chi connectivity index (χ1v) is 9.65. The highest BCUT2D eigenvalue weighted by molar-refractivity contribution is 6.01. The zero-order valence-corrected chi connectivity index (χ0v) is 16.7. The van der Waals surface area contributed by atoms with E-state index < -0.39 is 0 Å². The highest BCUT2D eigenvalue weighted by atomic mass is 16.5. The molecule has 0 saturated carbocycles. The third-order valence-corrected chi connectivity index (χ3v) is 4.82. The van der Waals surface area contributed by atoms with Crippen LogP contribution in [0.3, 0.4) is 0 Å². The van der Waals surface area contributed by atoms with Crippen molar-refractivity contribution in [2.75, 3.05) is 39.3 Å². The van der Waals surface area contributed by atoms with Crippen LogP contribution in [0.5, 0.6) is 11.5 Å². The number of para-hydroxylation sites is 1. The van der Waals surface area contributed by atoms with Crippen LogP contribution >= 0.6 is 0 Å². The first kappa shape index (κ1) is 20.0. The molecule has 1 aliphatic rings. The summed E-state index contributed by atoms with van der Waals surface area (Å²) in [6.07, 6.45) is 1.75. The van der Waals surface area contributed by atoms with E-state index in [1.54, 1.807) is 19.1 Å². The Morgan fingerprint density at radius 2 is 1.89 bits per heavy atom. The van der Waals surface area contributed by atoms with Gasteiger partial charge in [0.05, 0.1) is 25.9 Å². The Labute approximate surface area is 166 Å². The summed E-state index contributed by atoms with van der Waals surface area (Å²) in [7, 11) is 3.26. The van der Waals surface area contributed by atoms with Gasteiger partial charge in [-0.15, -0.1) is 0 Å². The van der Waals surface area contributed by atoms with Crippen LogP contribution in [0.15, 0.2) is 42.5 Å². The lowest BCUT2D eigenvalue weighted by molar-refractivity contribution is 0.0609. The Morgan fingerprint density at radius 3 is 2.64 bits per heavy atom. The quantitative estimate of drug-likeness (QED) is 0.660. The van der Waals surface area contributed by atoms with Crippen LogP contribution in [0.1, 0.15) is 41.9 Å². The van der Waals surface area contributed by atoms with Crippen LogP contribution in [-0.4, -0.2) is 44.8 Å². The molecular formula is C22H28N2O4. The summed E-state index contributed by atoms with van der Waals surface area (Å²) in [4.78, 5) is 14.9. The second-order valence-corrected chi connectivity index (χ2v) is 6.70. The van der Waals surface area contributed by atoms with Crippen LogP contribution in [0.25, 0.3) is 0 Å². The number of nitrogens with zero attached hydrogens (tertiary/aromatic N) is 1. The average molecular weight is 384 g/mol. The standard InChI is InChI=1S/C22H28N2O4/c1-4-5-13-28-19-11-10-16(15-20(19)27-3)21-23-18-9-7-6-8-17(18)22(25)24(21)12-14-26-2/h6-11,15,21,23H,4-5,12-14H2,1-3H3. The number of amides is 1. The lowest BCUT2D eigenvalue weighted by Crippen LogP contribution is -2.44. The second-order valence-electron chi connectivity index (χ2n) is 6.70. The summed E-state index contributed by atoms with van der Waals surface area (Å²) < 4.78 is 16.6. The number of hydrogen-bond donors (Lipinski definition) is 1. The molecule has 6 nitrogen and oxygen atoms in total. The van der Waals surface area contributed by atoms with Crippen molar-refractivity contribution in [3.8, 4) is 11.5 Å². The van der Waals surface area contributed by atoms with Crippen molar-refractivity contribution in [1.82, 2.24) is 4.90 Å². The summed E-state index contributed by atoms with van der Waals surface area (Å²) in [6, 6.07) is 13.4. The molecule has 2 aromatic rings. The van der Waals surface area contributed by atoms with E-state index in [1.807, 2.05) is 42.5 Å². The summed E-state index contributed by atoms with van der Waals surface area (Å²) in [6.45, 7) is 3.72. The largest absolute Gasteiger partial charge is 0.493 e. The molecule has 0 radical (unpaired) electrons. The van der Waals surface area contributed by atoms with Gasteiger partial charge >= 0.3 is 0 Å². The fourth-order valence-electron chi connectivity index (χ4n) is 3.28. The number of anilines is 1. The van der Waals surface area contributed by atoms with Crippen LogP contribution < -0.4 is 14.8 Å². The predicted octanol–water partition coefficient (Wildman–Crippen LogP) is 4.09. The number of unbranched alkanes of at least 4 members (excludes halogenated alkanes) is 1. The number of benzene rings is 2. The van der Waals surface area contributed by atoms with E-state index in [1.165, 1.54) is 0 Å². The number of rotatable bonds is 9. The number of methoxy groups -OCH3 is 2. The van der Waals surface area contributed by atoms with Crippen LogP contribution in [0.4, 0.5) is 5.69 Å². The van der Waals surface area contributed by atoms with Crippen molar-refractivity contribution in [1.29, 1.82) is 0 Å². The van der Waals surface area contributed by atoms with E-state index in [4.69, 9.17) is 14.2 Å². The molecule has 1 unspecified atom stereocenters. The monoisotopic (exact) mass is 384 g/mol. The van der Waals surface area contributed by atoms with Crippen molar-refractivity contribution >= 4 is 11.6 Å². The van der Waals surface area contributed by atoms with Gasteiger partial charge in [-0.3, -0.25) is 4.79 Å². The molecule has 1 aliphatic heterocycles. The summed E-state index contributed by atoms with van der Waals surface area (Å²) in [5.74, 6) is 1.36. The summed E-state index contributed by atoms with van der Waals surface area (Å²) in [5, 5.41) is 3.48. The second kappa shape index (κ2) is 9.46. The molecule has 0 bridgehead atoms. The number of ether oxygens (including phenoxy) is 3. The third-order valence-electron chi connectivity index (χ3n) is 4.82. The van der Waals surface area contributed by atoms with Crippen LogP contribution in [0, 0.1) is 0 Å². The molecule has 1 amide bonds. The minimum atomic E-state index is -0.309. The maximum Gasteiger partial charge on any atom is 0.257 e. The van der Waals surface area contributed by atoms with Crippen LogP contribution in [-0.2, 0) is 4.74 Å². The Bertz CT molecular complexity index is 809. The van der Waals surface area contributed by atoms with E-state index in [2.05, 4.69) is 12.2 Å². The van der Waals surface area contributed by atoms with E-state index in [9.17, 15) is 4.79 Å². The number of carbonyl (C=O) groups is 1. The van der Waals surface area contributed by atoms with Gasteiger partial charge in [-0.05, 0) is 36.2 Å². The molecule has 1 heterocycles. The van der Waals surface area contributed by atoms with E-state index in [-0.39, 0.29) is 12.1 Å². The lowest BCUT2D eigenvalue weighted by Gasteiger charge is -2.38. The first-order chi connectivity index (χ1) is 13.7. The third kappa shape index (κ3) is 4.22. The molecule has 0 saturated heterocycles. The molecule has 3 rings (SSSR count). The van der Waals surface area contributed by atoms with Gasteiger partial charge in [0.25, 0.3) is 5.91 Å². The highest BCUT2D eigenvalue weighted by Crippen LogP contribution is 2.36. The molecular weight excluding hydrogens is 356 g/mol. The van der Waals surface area contributed by atoms with Crippen molar-refractivity contribution < 1.29 is 19.0 Å². The van der Waals surface area contributed by atoms with Gasteiger partial charge in [0.15, 0.2) is 11.5 Å². The minimum absolute atomic E-state index is 0.0151. The Balaban J connectivity index is 1.92. The molecule has 0 aromatic heterocycles. The van der Waals surface area contributed by atoms with Crippen molar-refractivity contribution in [2.45, 2.75) is 25.9 Å². The Hall–Kier alpha value is -2.73. The molecule has 0 fully saturated rings. The molecule has 0 spiro atoms. The Kier molecular flexibility index (Phi) is 6.76. The summed E-state index contributed by atoms with van der Waals surface area (Å²) >= 11 is 0. The number of hydrogen-bond acceptors (Lipinski definition) is 5. The topological polar surface area (TPSA) is 60.0 Å². The van der Waals surface area contributed by atoms with E-state index in [0.29, 0.717) is 36.8 Å². The molecule has 1 N–H and O–H groups in total. The SMILES string of the molecule is CCCCOc1ccc(C2Nc3ccccc3C(=O)N2CCOC)cc1OC. The summed E-state index contributed by atoms with van der Waals surface area (Å²) in [5.41, 5.74) is 2.42. The smallest absolute Gasteiger partial charge is 0.257 e. The maximum absolute atomic E-state index is 13.1. The molecule has 6 heteroatoms. The van der Waals surface area contributed by atoms with E-state index >= 15 is 0 Å². The van der Waals surface area contributed by atoms with Gasteiger partial charge in [-0.2, -0.15) is 0 Å². The molecule has 28 heavy (non-hydrogen) atoms. The van der Waals surface area contributed by atoms with Crippen molar-refractivity contribution in [2.24, 2.45) is 0 Å². The van der Waals surface area contributed by atoms with Crippen molar-refractivity contribution in [3.05, 3.63) is 53.6 Å². The van der Waals surface area contributed by atoms with Gasteiger partial charge in [-0.1, -0.05) is 31.5 Å². The van der Waals surface area contributed by atoms with Gasteiger partial charge < -0.3 is 24.4 Å². The highest BCUT2D eigenvalue weighted by Gasteiger charge is 2.32. The maximum atomic E-state index is 13.1. The van der Waals surface area contributed by atoms with Gasteiger partial charge in [0, 0.05) is 19.3 Å². The fraction of sp³-hybridized carbons (Fsp3) is 0.409. The average Bonchev–Trinajstić information content (AvgIpc) is 2.73. The Morgan fingerprint density at radius 1 is 1.07 bits per heavy atom. The zero-order valence-electron chi connectivity index (χ0n) is 16.7. The van der Waals surface area contributed by atoms with Crippen molar-refractivity contribution in [3.63, 3.8) is 0 Å². The first-order valence-electron chi connectivity index (χ1n) is 9.65. The van der Waals surface area contributed by atoms with Gasteiger partial charge in [-0.25, -0.2) is 0 Å². The van der Waals surface area contributed by atoms with Crippen LogP contribution in [0.2, 0.25) is 0 Å². The molecule has 2 aromatic carbocycles.